The zero-order valence-corrected chi connectivity index (χ0v) is 15.9. The third-order valence-corrected chi connectivity index (χ3v) is 4.96. The molecule has 0 saturated heterocycles. The van der Waals surface area contributed by atoms with Crippen LogP contribution in [0, 0.1) is 0 Å². The minimum Gasteiger partial charge on any atom is -0.493 e. The molecule has 0 radical (unpaired) electrons. The van der Waals surface area contributed by atoms with Gasteiger partial charge in [-0.1, -0.05) is 6.07 Å². The average molecular weight is 384 g/mol. The number of pyridine rings is 1. The van der Waals surface area contributed by atoms with Gasteiger partial charge in [0.05, 0.1) is 7.11 Å². The van der Waals surface area contributed by atoms with Crippen molar-refractivity contribution in [2.45, 2.75) is 38.3 Å². The van der Waals surface area contributed by atoms with Gasteiger partial charge in [-0.3, -0.25) is 4.79 Å². The monoisotopic (exact) mass is 384 g/mol. The standard InChI is InChI=1S/C21H24N2O5/c1-25-17-11-15(12-18-19(17)27-10-9-26-18)20(24)23-13-14-5-4-8-22-21(14)28-16-6-2-3-7-16/h4-5,8,11-12,16H,2-3,6-7,9-10,13H2,1H3,(H,23,24). The Morgan fingerprint density at radius 2 is 2.07 bits per heavy atom. The molecule has 0 atom stereocenters. The van der Waals surface area contributed by atoms with Gasteiger partial charge in [0.25, 0.3) is 5.91 Å². The Hall–Kier alpha value is -2.96. The average Bonchev–Trinajstić information content (AvgIpc) is 3.25. The molecule has 0 spiro atoms. The zero-order valence-electron chi connectivity index (χ0n) is 15.9. The number of amides is 1. The van der Waals surface area contributed by atoms with Gasteiger partial charge in [0, 0.05) is 23.9 Å². The van der Waals surface area contributed by atoms with Gasteiger partial charge in [-0.25, -0.2) is 4.98 Å². The number of rotatable bonds is 6. The molecule has 0 bridgehead atoms. The first-order valence-corrected chi connectivity index (χ1v) is 9.61. The van der Waals surface area contributed by atoms with E-state index in [1.54, 1.807) is 18.3 Å². The van der Waals surface area contributed by atoms with Crippen molar-refractivity contribution in [2.24, 2.45) is 0 Å². The van der Waals surface area contributed by atoms with Gasteiger partial charge in [-0.2, -0.15) is 0 Å². The Balaban J connectivity index is 1.46. The Kier molecular flexibility index (Phi) is 5.50. The first-order chi connectivity index (χ1) is 13.7. The number of hydrogen-bond donors (Lipinski definition) is 1. The number of fused-ring (bicyclic) bond motifs is 1. The molecule has 1 aromatic heterocycles. The van der Waals surface area contributed by atoms with Crippen LogP contribution >= 0.6 is 0 Å². The molecule has 7 nitrogen and oxygen atoms in total. The summed E-state index contributed by atoms with van der Waals surface area (Å²) < 4.78 is 22.6. The second kappa shape index (κ2) is 8.37. The number of methoxy groups -OCH3 is 1. The Bertz CT molecular complexity index is 831. The van der Waals surface area contributed by atoms with E-state index in [1.807, 2.05) is 12.1 Å². The van der Waals surface area contributed by atoms with Crippen LogP contribution in [0.3, 0.4) is 0 Å². The molecule has 1 aromatic carbocycles. The van der Waals surface area contributed by atoms with Gasteiger partial charge in [0.1, 0.15) is 19.3 Å². The molecule has 28 heavy (non-hydrogen) atoms. The van der Waals surface area contributed by atoms with Crippen LogP contribution in [0.25, 0.3) is 0 Å². The maximum atomic E-state index is 12.7. The lowest BCUT2D eigenvalue weighted by molar-refractivity contribution is 0.0948. The summed E-state index contributed by atoms with van der Waals surface area (Å²) in [7, 11) is 1.54. The summed E-state index contributed by atoms with van der Waals surface area (Å²) in [4.78, 5) is 17.1. The lowest BCUT2D eigenvalue weighted by Crippen LogP contribution is -2.24. The molecule has 7 heteroatoms. The van der Waals surface area contributed by atoms with Gasteiger partial charge in [0.15, 0.2) is 11.5 Å². The van der Waals surface area contributed by atoms with Gasteiger partial charge in [-0.15, -0.1) is 0 Å². The maximum Gasteiger partial charge on any atom is 0.251 e. The van der Waals surface area contributed by atoms with Crippen LogP contribution in [-0.2, 0) is 6.54 Å². The molecular formula is C21H24N2O5. The van der Waals surface area contributed by atoms with Gasteiger partial charge in [0.2, 0.25) is 11.6 Å². The molecule has 1 amide bonds. The molecule has 1 fully saturated rings. The van der Waals surface area contributed by atoms with E-state index in [0.717, 1.165) is 18.4 Å². The lowest BCUT2D eigenvalue weighted by atomic mass is 10.1. The SMILES string of the molecule is COc1cc(C(=O)NCc2cccnc2OC2CCCC2)cc2c1OCCO2. The highest BCUT2D eigenvalue weighted by molar-refractivity contribution is 5.95. The molecule has 1 aliphatic carbocycles. The molecule has 1 aliphatic heterocycles. The summed E-state index contributed by atoms with van der Waals surface area (Å²) in [5.74, 6) is 1.89. The molecular weight excluding hydrogens is 360 g/mol. The van der Waals surface area contributed by atoms with E-state index in [4.69, 9.17) is 18.9 Å². The predicted molar refractivity (Wildman–Crippen MR) is 102 cm³/mol. The van der Waals surface area contributed by atoms with E-state index in [2.05, 4.69) is 10.3 Å². The van der Waals surface area contributed by atoms with Crippen molar-refractivity contribution in [1.29, 1.82) is 0 Å². The minimum absolute atomic E-state index is 0.214. The van der Waals surface area contributed by atoms with Crippen molar-refractivity contribution in [3.05, 3.63) is 41.6 Å². The van der Waals surface area contributed by atoms with Gasteiger partial charge >= 0.3 is 0 Å². The van der Waals surface area contributed by atoms with E-state index < -0.39 is 0 Å². The van der Waals surface area contributed by atoms with Gasteiger partial charge in [-0.05, 0) is 43.9 Å². The Labute approximate surface area is 164 Å². The van der Waals surface area contributed by atoms with E-state index in [0.29, 0.717) is 48.5 Å². The van der Waals surface area contributed by atoms with Crippen LogP contribution < -0.4 is 24.3 Å². The number of aromatic nitrogens is 1. The first kappa shape index (κ1) is 18.4. The maximum absolute atomic E-state index is 12.7. The van der Waals surface area contributed by atoms with Crippen LogP contribution in [0.5, 0.6) is 23.1 Å². The quantitative estimate of drug-likeness (QED) is 0.824. The fourth-order valence-electron chi connectivity index (χ4n) is 3.51. The molecule has 0 unspecified atom stereocenters. The molecule has 4 rings (SSSR count). The number of nitrogens with one attached hydrogen (secondary N) is 1. The van der Waals surface area contributed by atoms with Crippen LogP contribution in [-0.4, -0.2) is 37.3 Å². The summed E-state index contributed by atoms with van der Waals surface area (Å²) in [5.41, 5.74) is 1.30. The highest BCUT2D eigenvalue weighted by Gasteiger charge is 2.22. The van der Waals surface area contributed by atoms with Crippen LogP contribution in [0.1, 0.15) is 41.6 Å². The van der Waals surface area contributed by atoms with Crippen LogP contribution in [0.15, 0.2) is 30.5 Å². The third kappa shape index (κ3) is 3.98. The Morgan fingerprint density at radius 3 is 2.89 bits per heavy atom. The molecule has 2 heterocycles. The highest BCUT2D eigenvalue weighted by Crippen LogP contribution is 2.40. The van der Waals surface area contributed by atoms with Crippen molar-refractivity contribution in [2.75, 3.05) is 20.3 Å². The predicted octanol–water partition coefficient (Wildman–Crippen LogP) is 3.11. The molecule has 2 aliphatic rings. The fraction of sp³-hybridized carbons (Fsp3) is 0.429. The topological polar surface area (TPSA) is 78.9 Å². The van der Waals surface area contributed by atoms with Crippen molar-refractivity contribution in [3.8, 4) is 23.1 Å². The Morgan fingerprint density at radius 1 is 1.25 bits per heavy atom. The van der Waals surface area contributed by atoms with Crippen molar-refractivity contribution >= 4 is 5.91 Å². The summed E-state index contributed by atoms with van der Waals surface area (Å²) in [6.45, 7) is 1.23. The normalized spacial score (nSPS) is 15.9. The zero-order chi connectivity index (χ0) is 19.3. The van der Waals surface area contributed by atoms with Crippen molar-refractivity contribution < 1.29 is 23.7 Å². The summed E-state index contributed by atoms with van der Waals surface area (Å²) in [6.07, 6.45) is 6.41. The largest absolute Gasteiger partial charge is 0.493 e. The van der Waals surface area contributed by atoms with E-state index in [9.17, 15) is 4.79 Å². The number of carbonyl (C=O) groups is 1. The molecule has 2 aromatic rings. The lowest BCUT2D eigenvalue weighted by Gasteiger charge is -2.21. The number of ether oxygens (including phenoxy) is 4. The number of carbonyl (C=O) groups excluding carboxylic acids is 1. The number of hydrogen-bond acceptors (Lipinski definition) is 6. The molecule has 148 valence electrons. The summed E-state index contributed by atoms with van der Waals surface area (Å²) in [5, 5.41) is 2.93. The third-order valence-electron chi connectivity index (χ3n) is 4.96. The molecule has 1 saturated carbocycles. The number of nitrogens with zero attached hydrogens (tertiary/aromatic N) is 1. The van der Waals surface area contributed by atoms with E-state index in [-0.39, 0.29) is 12.0 Å². The van der Waals surface area contributed by atoms with E-state index in [1.165, 1.54) is 20.0 Å². The second-order valence-corrected chi connectivity index (χ2v) is 6.88. The smallest absolute Gasteiger partial charge is 0.251 e. The number of benzene rings is 1. The molecule has 1 N–H and O–H groups in total. The summed E-state index contributed by atoms with van der Waals surface area (Å²) in [6, 6.07) is 7.09. The summed E-state index contributed by atoms with van der Waals surface area (Å²) >= 11 is 0. The van der Waals surface area contributed by atoms with Gasteiger partial charge < -0.3 is 24.3 Å². The van der Waals surface area contributed by atoms with E-state index >= 15 is 0 Å². The minimum atomic E-state index is -0.231. The second-order valence-electron chi connectivity index (χ2n) is 6.88. The first-order valence-electron chi connectivity index (χ1n) is 9.61. The highest BCUT2D eigenvalue weighted by atomic mass is 16.6. The van der Waals surface area contributed by atoms with Crippen LogP contribution in [0.2, 0.25) is 0 Å². The van der Waals surface area contributed by atoms with Crippen LogP contribution in [0.4, 0.5) is 0 Å². The fourth-order valence-corrected chi connectivity index (χ4v) is 3.51. The van der Waals surface area contributed by atoms with Crippen molar-refractivity contribution in [1.82, 2.24) is 10.3 Å². The van der Waals surface area contributed by atoms with Crippen molar-refractivity contribution in [3.63, 3.8) is 0 Å².